The third kappa shape index (κ3) is 5.13. The van der Waals surface area contributed by atoms with Crippen LogP contribution in [0, 0.1) is 0 Å². The Hall–Kier alpha value is -0.840. The van der Waals surface area contributed by atoms with Gasteiger partial charge in [-0.15, -0.1) is 11.3 Å². The van der Waals surface area contributed by atoms with Crippen LogP contribution in [0.25, 0.3) is 0 Å². The van der Waals surface area contributed by atoms with E-state index in [2.05, 4.69) is 75.8 Å². The fourth-order valence-electron chi connectivity index (χ4n) is 2.29. The summed E-state index contributed by atoms with van der Waals surface area (Å²) < 4.78 is 1.14. The molecule has 0 saturated heterocycles. The Bertz CT molecular complexity index is 540. The normalized spacial score (nSPS) is 10.8. The molecule has 0 unspecified atom stereocenters. The number of nitrogens with one attached hydrogen (secondary N) is 1. The summed E-state index contributed by atoms with van der Waals surface area (Å²) in [6.07, 6.45) is 2.27. The van der Waals surface area contributed by atoms with E-state index >= 15 is 0 Å². The van der Waals surface area contributed by atoms with Crippen molar-refractivity contribution < 1.29 is 0 Å². The molecule has 0 bridgehead atoms. The van der Waals surface area contributed by atoms with Gasteiger partial charge in [0.15, 0.2) is 0 Å². The van der Waals surface area contributed by atoms with Crippen molar-refractivity contribution in [2.75, 3.05) is 25.0 Å². The number of halogens is 1. The third-order valence-corrected chi connectivity index (χ3v) is 4.90. The molecule has 1 aromatic heterocycles. The first kappa shape index (κ1) is 16.5. The summed E-state index contributed by atoms with van der Waals surface area (Å²) in [5, 5.41) is 5.64. The van der Waals surface area contributed by atoms with Crippen molar-refractivity contribution in [1.82, 2.24) is 5.32 Å². The maximum absolute atomic E-state index is 3.59. The van der Waals surface area contributed by atoms with Gasteiger partial charge in [0.25, 0.3) is 0 Å². The second-order valence-electron chi connectivity index (χ2n) is 5.20. The molecule has 0 amide bonds. The van der Waals surface area contributed by atoms with E-state index in [9.17, 15) is 0 Å². The Morgan fingerprint density at radius 1 is 1.29 bits per heavy atom. The SMILES string of the molecule is CCCNCc1ccc(Br)cc1N(C)CCc1cccs1. The second-order valence-corrected chi connectivity index (χ2v) is 7.15. The summed E-state index contributed by atoms with van der Waals surface area (Å²) in [4.78, 5) is 3.80. The molecule has 0 aliphatic rings. The van der Waals surface area contributed by atoms with Gasteiger partial charge in [-0.2, -0.15) is 0 Å². The van der Waals surface area contributed by atoms with Gasteiger partial charge >= 0.3 is 0 Å². The highest BCUT2D eigenvalue weighted by atomic mass is 79.9. The molecule has 1 N–H and O–H groups in total. The first-order valence-electron chi connectivity index (χ1n) is 7.43. The molecule has 21 heavy (non-hydrogen) atoms. The predicted octanol–water partition coefficient (Wildman–Crippen LogP) is 4.69. The van der Waals surface area contributed by atoms with Crippen molar-refractivity contribution in [2.45, 2.75) is 26.3 Å². The lowest BCUT2D eigenvalue weighted by molar-refractivity contribution is 0.673. The fraction of sp³-hybridized carbons (Fsp3) is 0.412. The van der Waals surface area contributed by atoms with Crippen molar-refractivity contribution in [3.05, 3.63) is 50.6 Å². The molecule has 0 radical (unpaired) electrons. The van der Waals surface area contributed by atoms with Gasteiger partial charge in [0.1, 0.15) is 0 Å². The van der Waals surface area contributed by atoms with Crippen LogP contribution >= 0.6 is 27.3 Å². The van der Waals surface area contributed by atoms with Crippen LogP contribution in [0.2, 0.25) is 0 Å². The number of anilines is 1. The highest BCUT2D eigenvalue weighted by Crippen LogP contribution is 2.25. The summed E-state index contributed by atoms with van der Waals surface area (Å²) >= 11 is 5.43. The Balaban J connectivity index is 2.03. The summed E-state index contributed by atoms with van der Waals surface area (Å²) in [6, 6.07) is 10.9. The van der Waals surface area contributed by atoms with E-state index in [0.29, 0.717) is 0 Å². The van der Waals surface area contributed by atoms with Gasteiger partial charge in [-0.25, -0.2) is 0 Å². The molecular weight excluding hydrogens is 344 g/mol. The molecule has 1 heterocycles. The zero-order chi connectivity index (χ0) is 15.1. The minimum Gasteiger partial charge on any atom is -0.374 e. The summed E-state index contributed by atoms with van der Waals surface area (Å²) in [5.74, 6) is 0. The highest BCUT2D eigenvalue weighted by molar-refractivity contribution is 9.10. The number of nitrogens with zero attached hydrogens (tertiary/aromatic N) is 1. The quantitative estimate of drug-likeness (QED) is 0.681. The topological polar surface area (TPSA) is 15.3 Å². The number of rotatable bonds is 8. The van der Waals surface area contributed by atoms with E-state index in [1.807, 2.05) is 11.3 Å². The van der Waals surface area contributed by atoms with E-state index in [0.717, 1.165) is 30.5 Å². The second kappa shape index (κ2) is 8.57. The van der Waals surface area contributed by atoms with Gasteiger partial charge in [0.2, 0.25) is 0 Å². The fourth-order valence-corrected chi connectivity index (χ4v) is 3.34. The predicted molar refractivity (Wildman–Crippen MR) is 97.4 cm³/mol. The van der Waals surface area contributed by atoms with Gasteiger partial charge < -0.3 is 10.2 Å². The van der Waals surface area contributed by atoms with E-state index in [-0.39, 0.29) is 0 Å². The summed E-state index contributed by atoms with van der Waals surface area (Å²) in [5.41, 5.74) is 2.67. The van der Waals surface area contributed by atoms with Crippen LogP contribution in [0.15, 0.2) is 40.2 Å². The van der Waals surface area contributed by atoms with E-state index in [1.54, 1.807) is 0 Å². The summed E-state index contributed by atoms with van der Waals surface area (Å²) in [6.45, 7) is 5.23. The Morgan fingerprint density at radius 2 is 2.14 bits per heavy atom. The van der Waals surface area contributed by atoms with E-state index in [4.69, 9.17) is 0 Å². The van der Waals surface area contributed by atoms with Gasteiger partial charge in [-0.05, 0) is 48.5 Å². The van der Waals surface area contributed by atoms with Crippen LogP contribution < -0.4 is 10.2 Å². The Kier molecular flexibility index (Phi) is 6.74. The van der Waals surface area contributed by atoms with Crippen LogP contribution in [0.5, 0.6) is 0 Å². The molecule has 0 saturated carbocycles. The van der Waals surface area contributed by atoms with Crippen molar-refractivity contribution in [1.29, 1.82) is 0 Å². The maximum atomic E-state index is 3.59. The zero-order valence-electron chi connectivity index (χ0n) is 12.7. The number of hydrogen-bond donors (Lipinski definition) is 1. The molecule has 1 aromatic carbocycles. The molecule has 0 fully saturated rings. The molecule has 0 aliphatic heterocycles. The number of hydrogen-bond acceptors (Lipinski definition) is 3. The van der Waals surface area contributed by atoms with Gasteiger partial charge in [0, 0.05) is 35.2 Å². The molecule has 2 nitrogen and oxygen atoms in total. The molecule has 0 spiro atoms. The number of likely N-dealkylation sites (N-methyl/N-ethyl adjacent to an activating group) is 1. The Morgan fingerprint density at radius 3 is 2.86 bits per heavy atom. The van der Waals surface area contributed by atoms with E-state index in [1.165, 1.54) is 22.5 Å². The lowest BCUT2D eigenvalue weighted by atomic mass is 10.1. The van der Waals surface area contributed by atoms with Crippen molar-refractivity contribution >= 4 is 33.0 Å². The van der Waals surface area contributed by atoms with E-state index < -0.39 is 0 Å². The third-order valence-electron chi connectivity index (χ3n) is 3.47. The van der Waals surface area contributed by atoms with Crippen LogP contribution in [-0.2, 0) is 13.0 Å². The number of benzene rings is 1. The molecule has 4 heteroatoms. The highest BCUT2D eigenvalue weighted by Gasteiger charge is 2.08. The van der Waals surface area contributed by atoms with Crippen LogP contribution in [0.3, 0.4) is 0 Å². The van der Waals surface area contributed by atoms with Gasteiger partial charge in [0.05, 0.1) is 0 Å². The summed E-state index contributed by atoms with van der Waals surface area (Å²) in [7, 11) is 2.18. The lowest BCUT2D eigenvalue weighted by Gasteiger charge is -2.23. The number of thiophene rings is 1. The minimum atomic E-state index is 0.930. The lowest BCUT2D eigenvalue weighted by Crippen LogP contribution is -2.23. The maximum Gasteiger partial charge on any atom is 0.0420 e. The van der Waals surface area contributed by atoms with Crippen molar-refractivity contribution in [2.24, 2.45) is 0 Å². The molecule has 2 rings (SSSR count). The molecule has 2 aromatic rings. The van der Waals surface area contributed by atoms with Gasteiger partial charge in [-0.3, -0.25) is 0 Å². The molecule has 114 valence electrons. The standard InChI is InChI=1S/C17H23BrN2S/c1-3-9-19-13-14-6-7-15(18)12-17(14)20(2)10-8-16-5-4-11-21-16/h4-7,11-12,19H,3,8-10,13H2,1-2H3. The molecular formula is C17H23BrN2S. The van der Waals surface area contributed by atoms with Crippen molar-refractivity contribution in [3.8, 4) is 0 Å². The zero-order valence-corrected chi connectivity index (χ0v) is 15.1. The monoisotopic (exact) mass is 366 g/mol. The van der Waals surface area contributed by atoms with Crippen molar-refractivity contribution in [3.63, 3.8) is 0 Å². The Labute approximate surface area is 140 Å². The van der Waals surface area contributed by atoms with Crippen LogP contribution in [0.1, 0.15) is 23.8 Å². The smallest absolute Gasteiger partial charge is 0.0420 e. The average Bonchev–Trinajstić information content (AvgIpc) is 3.00. The largest absolute Gasteiger partial charge is 0.374 e. The van der Waals surface area contributed by atoms with Crippen LogP contribution in [0.4, 0.5) is 5.69 Å². The first-order valence-corrected chi connectivity index (χ1v) is 9.10. The van der Waals surface area contributed by atoms with Gasteiger partial charge in [-0.1, -0.05) is 35.0 Å². The van der Waals surface area contributed by atoms with Crippen LogP contribution in [-0.4, -0.2) is 20.1 Å². The average molecular weight is 367 g/mol. The molecule has 0 aliphatic carbocycles. The molecule has 0 atom stereocenters. The minimum absolute atomic E-state index is 0.930. The first-order chi connectivity index (χ1) is 10.2.